The van der Waals surface area contributed by atoms with Crippen molar-refractivity contribution in [1.29, 1.82) is 5.26 Å². The number of carbonyl (C=O) groups is 1. The highest BCUT2D eigenvalue weighted by Crippen LogP contribution is 2.34. The summed E-state index contributed by atoms with van der Waals surface area (Å²) in [6, 6.07) is 13.0. The van der Waals surface area contributed by atoms with E-state index in [1.807, 2.05) is 4.90 Å². The first-order valence-corrected chi connectivity index (χ1v) is 11.1. The van der Waals surface area contributed by atoms with E-state index in [9.17, 15) is 18.0 Å². The summed E-state index contributed by atoms with van der Waals surface area (Å²) in [6.07, 6.45) is -2.18. The van der Waals surface area contributed by atoms with Crippen LogP contribution in [0.5, 0.6) is 5.75 Å². The van der Waals surface area contributed by atoms with Gasteiger partial charge >= 0.3 is 6.36 Å². The van der Waals surface area contributed by atoms with Gasteiger partial charge in [0, 0.05) is 31.4 Å². The zero-order valence-corrected chi connectivity index (χ0v) is 19.2. The van der Waals surface area contributed by atoms with E-state index in [4.69, 9.17) is 5.26 Å². The number of nitrogens with zero attached hydrogens (tertiary/aromatic N) is 5. The molecule has 1 fully saturated rings. The van der Waals surface area contributed by atoms with Crippen molar-refractivity contribution in [3.05, 3.63) is 65.5 Å². The minimum absolute atomic E-state index is 0.00328. The molecule has 0 saturated carbocycles. The average Bonchev–Trinajstić information content (AvgIpc) is 2.87. The lowest BCUT2D eigenvalue weighted by Crippen LogP contribution is -2.34. The molecule has 1 aliphatic heterocycles. The topological polar surface area (TPSA) is 116 Å². The van der Waals surface area contributed by atoms with Crippen molar-refractivity contribution >= 4 is 23.5 Å². The highest BCUT2D eigenvalue weighted by molar-refractivity contribution is 5.95. The van der Waals surface area contributed by atoms with Gasteiger partial charge in [-0.1, -0.05) is 12.1 Å². The predicted molar refractivity (Wildman–Crippen MR) is 125 cm³/mol. The number of hydrogen-bond donors (Lipinski definition) is 2. The van der Waals surface area contributed by atoms with Crippen LogP contribution in [0.2, 0.25) is 0 Å². The molecule has 0 atom stereocenters. The second-order valence-electron chi connectivity index (χ2n) is 8.07. The van der Waals surface area contributed by atoms with Crippen molar-refractivity contribution in [3.63, 3.8) is 0 Å². The van der Waals surface area contributed by atoms with Crippen LogP contribution in [-0.4, -0.2) is 47.4 Å². The third-order valence-electron chi connectivity index (χ3n) is 5.77. The molecule has 2 aromatic carbocycles. The molecule has 2 heterocycles. The SMILES string of the molecule is CNC(=O)c1cccc(Nc2ncnc(N3CCC(c4ccc(C#N)c(OC(F)(F)F)c4)CC3)n2)c1. The Morgan fingerprint density at radius 3 is 2.64 bits per heavy atom. The molecule has 12 heteroatoms. The number of alkyl halides is 3. The van der Waals surface area contributed by atoms with Crippen molar-refractivity contribution in [2.75, 3.05) is 30.4 Å². The average molecular weight is 497 g/mol. The number of piperidine rings is 1. The van der Waals surface area contributed by atoms with Gasteiger partial charge in [-0.3, -0.25) is 4.79 Å². The number of benzene rings is 2. The molecule has 0 unspecified atom stereocenters. The van der Waals surface area contributed by atoms with Crippen LogP contribution in [0.3, 0.4) is 0 Å². The first-order valence-electron chi connectivity index (χ1n) is 11.1. The molecule has 0 aliphatic carbocycles. The van der Waals surface area contributed by atoms with E-state index in [0.717, 1.165) is 0 Å². The van der Waals surface area contributed by atoms with Gasteiger partial charge in [0.05, 0.1) is 5.56 Å². The molecule has 1 aromatic heterocycles. The first kappa shape index (κ1) is 24.7. The monoisotopic (exact) mass is 497 g/mol. The lowest BCUT2D eigenvalue weighted by atomic mass is 9.89. The molecular weight excluding hydrogens is 475 g/mol. The Hall–Kier alpha value is -4.40. The quantitative estimate of drug-likeness (QED) is 0.522. The summed E-state index contributed by atoms with van der Waals surface area (Å²) in [4.78, 5) is 26.7. The van der Waals surface area contributed by atoms with E-state index in [1.54, 1.807) is 43.4 Å². The Morgan fingerprint density at radius 2 is 1.94 bits per heavy atom. The maximum Gasteiger partial charge on any atom is 0.573 e. The molecule has 2 N–H and O–H groups in total. The lowest BCUT2D eigenvalue weighted by Gasteiger charge is -2.32. The van der Waals surface area contributed by atoms with Gasteiger partial charge in [0.25, 0.3) is 5.91 Å². The molecular formula is C24H22F3N7O2. The van der Waals surface area contributed by atoms with Gasteiger partial charge in [0.15, 0.2) is 0 Å². The Morgan fingerprint density at radius 1 is 1.17 bits per heavy atom. The molecule has 0 spiro atoms. The van der Waals surface area contributed by atoms with Gasteiger partial charge in [0.2, 0.25) is 11.9 Å². The molecule has 1 saturated heterocycles. The van der Waals surface area contributed by atoms with Crippen LogP contribution < -0.4 is 20.3 Å². The van der Waals surface area contributed by atoms with E-state index in [0.29, 0.717) is 54.6 Å². The molecule has 9 nitrogen and oxygen atoms in total. The minimum atomic E-state index is -4.87. The van der Waals surface area contributed by atoms with Crippen molar-refractivity contribution in [1.82, 2.24) is 20.3 Å². The number of rotatable bonds is 6. The van der Waals surface area contributed by atoms with Crippen molar-refractivity contribution < 1.29 is 22.7 Å². The number of anilines is 3. The van der Waals surface area contributed by atoms with Crippen LogP contribution in [0.25, 0.3) is 0 Å². The fraction of sp³-hybridized carbons (Fsp3) is 0.292. The number of halogens is 3. The van der Waals surface area contributed by atoms with Crippen LogP contribution in [-0.2, 0) is 0 Å². The van der Waals surface area contributed by atoms with Gasteiger partial charge in [-0.2, -0.15) is 10.2 Å². The first-order chi connectivity index (χ1) is 17.3. The number of ether oxygens (including phenoxy) is 1. The fourth-order valence-electron chi connectivity index (χ4n) is 4.02. The number of hydrogen-bond acceptors (Lipinski definition) is 8. The number of nitrogens with one attached hydrogen (secondary N) is 2. The van der Waals surface area contributed by atoms with Crippen molar-refractivity contribution in [3.8, 4) is 11.8 Å². The van der Waals surface area contributed by atoms with Gasteiger partial charge < -0.3 is 20.3 Å². The standard InChI is InChI=1S/C24H22F3N7O2/c1-29-21(35)17-3-2-4-19(11-17)32-22-30-14-31-23(33-22)34-9-7-15(8-10-34)16-5-6-18(13-28)20(12-16)36-24(25,26)27/h2-6,11-12,14-15H,7-10H2,1H3,(H,29,35)(H,30,31,32,33). The second-order valence-corrected chi connectivity index (χ2v) is 8.07. The van der Waals surface area contributed by atoms with Crippen molar-refractivity contribution in [2.24, 2.45) is 0 Å². The Bertz CT molecular complexity index is 1290. The molecule has 36 heavy (non-hydrogen) atoms. The summed E-state index contributed by atoms with van der Waals surface area (Å²) >= 11 is 0. The molecule has 3 aromatic rings. The summed E-state index contributed by atoms with van der Waals surface area (Å²) in [5, 5.41) is 14.7. The fourth-order valence-corrected chi connectivity index (χ4v) is 4.02. The Balaban J connectivity index is 1.43. The van der Waals surface area contributed by atoms with Gasteiger partial charge in [0.1, 0.15) is 18.1 Å². The lowest BCUT2D eigenvalue weighted by molar-refractivity contribution is -0.274. The Kier molecular flexibility index (Phi) is 7.19. The molecule has 0 bridgehead atoms. The van der Waals surface area contributed by atoms with E-state index in [2.05, 4.69) is 30.3 Å². The second kappa shape index (κ2) is 10.5. The maximum atomic E-state index is 12.7. The van der Waals surface area contributed by atoms with Gasteiger partial charge in [-0.25, -0.2) is 9.97 Å². The summed E-state index contributed by atoms with van der Waals surface area (Å²) in [5.74, 6) is 0.0822. The number of amides is 1. The highest BCUT2D eigenvalue weighted by Gasteiger charge is 2.33. The normalized spacial score (nSPS) is 14.1. The van der Waals surface area contributed by atoms with Crippen LogP contribution in [0.15, 0.2) is 48.8 Å². The third kappa shape index (κ3) is 5.99. The van der Waals surface area contributed by atoms with E-state index in [-0.39, 0.29) is 17.4 Å². The Labute approximate surface area is 205 Å². The summed E-state index contributed by atoms with van der Waals surface area (Å²) in [6.45, 7) is 1.16. The minimum Gasteiger partial charge on any atom is -0.404 e. The summed E-state index contributed by atoms with van der Waals surface area (Å²) in [7, 11) is 1.56. The van der Waals surface area contributed by atoms with Crippen LogP contribution in [0.1, 0.15) is 40.2 Å². The molecule has 4 rings (SSSR count). The van der Waals surface area contributed by atoms with E-state index in [1.165, 1.54) is 18.5 Å². The maximum absolute atomic E-state index is 12.7. The smallest absolute Gasteiger partial charge is 0.404 e. The van der Waals surface area contributed by atoms with Gasteiger partial charge in [-0.05, 0) is 54.7 Å². The zero-order chi connectivity index (χ0) is 25.7. The van der Waals surface area contributed by atoms with Crippen LogP contribution >= 0.6 is 0 Å². The largest absolute Gasteiger partial charge is 0.573 e. The van der Waals surface area contributed by atoms with Crippen molar-refractivity contribution in [2.45, 2.75) is 25.1 Å². The molecule has 1 amide bonds. The molecule has 186 valence electrons. The number of nitriles is 1. The molecule has 0 radical (unpaired) electrons. The number of carbonyl (C=O) groups excluding carboxylic acids is 1. The highest BCUT2D eigenvalue weighted by atomic mass is 19.4. The zero-order valence-electron chi connectivity index (χ0n) is 19.2. The summed E-state index contributed by atoms with van der Waals surface area (Å²) < 4.78 is 42.2. The summed E-state index contributed by atoms with van der Waals surface area (Å²) in [5.41, 5.74) is 1.65. The van der Waals surface area contributed by atoms with Crippen LogP contribution in [0, 0.1) is 11.3 Å². The van der Waals surface area contributed by atoms with Crippen LogP contribution in [0.4, 0.5) is 30.8 Å². The van der Waals surface area contributed by atoms with Gasteiger partial charge in [-0.15, -0.1) is 13.2 Å². The number of aromatic nitrogens is 3. The third-order valence-corrected chi connectivity index (χ3v) is 5.77. The predicted octanol–water partition coefficient (Wildman–Crippen LogP) is 4.13. The molecule has 1 aliphatic rings. The van der Waals surface area contributed by atoms with E-state index < -0.39 is 12.1 Å². The van der Waals surface area contributed by atoms with E-state index >= 15 is 0 Å².